The van der Waals surface area contributed by atoms with Gasteiger partial charge in [0.25, 0.3) is 11.6 Å². The quantitative estimate of drug-likeness (QED) is 0.119. The second kappa shape index (κ2) is 11.6. The van der Waals surface area contributed by atoms with Crippen molar-refractivity contribution >= 4 is 29.0 Å². The van der Waals surface area contributed by atoms with Gasteiger partial charge in [0.15, 0.2) is 0 Å². The molecule has 0 unspecified atom stereocenters. The second-order valence-corrected chi connectivity index (χ2v) is 9.61. The number of amides is 1. The van der Waals surface area contributed by atoms with Crippen LogP contribution in [0.25, 0.3) is 5.65 Å². The number of halogens is 1. The Morgan fingerprint density at radius 1 is 0.974 bits per heavy atom. The van der Waals surface area contributed by atoms with Crippen LogP contribution in [0.4, 0.5) is 10.1 Å². The molecule has 192 valence electrons. The van der Waals surface area contributed by atoms with E-state index < -0.39 is 4.92 Å². The van der Waals surface area contributed by atoms with E-state index in [0.717, 1.165) is 21.7 Å². The van der Waals surface area contributed by atoms with Crippen molar-refractivity contribution in [3.05, 3.63) is 141 Å². The Balaban J connectivity index is 1.35. The fraction of sp³-hybridized carbons (Fsp3) is 0.0667. The first-order chi connectivity index (χ1) is 18.9. The molecule has 2 aromatic heterocycles. The number of imidazole rings is 1. The summed E-state index contributed by atoms with van der Waals surface area (Å²) in [7, 11) is 0. The lowest BCUT2D eigenvalue weighted by Gasteiger charge is -2.09. The molecule has 0 radical (unpaired) electrons. The fourth-order valence-electron chi connectivity index (χ4n) is 3.79. The van der Waals surface area contributed by atoms with Crippen molar-refractivity contribution in [2.24, 2.45) is 0 Å². The molecule has 5 aromatic rings. The number of nitrogens with zero attached hydrogens (tertiary/aromatic N) is 3. The molecule has 39 heavy (non-hydrogen) atoms. The smallest absolute Gasteiger partial charge is 0.269 e. The molecule has 0 fully saturated rings. The second-order valence-electron chi connectivity index (χ2n) is 8.59. The van der Waals surface area contributed by atoms with Gasteiger partial charge in [0.05, 0.1) is 4.92 Å². The van der Waals surface area contributed by atoms with E-state index in [0.29, 0.717) is 29.0 Å². The van der Waals surface area contributed by atoms with Crippen LogP contribution >= 0.6 is 11.8 Å². The van der Waals surface area contributed by atoms with Gasteiger partial charge in [-0.3, -0.25) is 14.9 Å². The van der Waals surface area contributed by atoms with Gasteiger partial charge in [-0.1, -0.05) is 24.0 Å². The predicted molar refractivity (Wildman–Crippen MR) is 148 cm³/mol. The standard InChI is InChI=1S/C30H21FN4O3S/c31-26-8-2-21(3-9-26)1-6-24-18-25(30(36)33-19-23-13-15-34-16-14-32-29(34)17-23)7-12-28(24)39-20-22-4-10-27(11-5-22)35(37)38/h2-5,7-18H,19-20H2,(H,33,36). The molecular formula is C30H21FN4O3S. The van der Waals surface area contributed by atoms with E-state index in [1.54, 1.807) is 42.6 Å². The number of nitro groups is 1. The third-order valence-corrected chi connectivity index (χ3v) is 7.03. The Morgan fingerprint density at radius 3 is 2.54 bits per heavy atom. The van der Waals surface area contributed by atoms with Crippen molar-refractivity contribution in [3.8, 4) is 11.8 Å². The Kier molecular flexibility index (Phi) is 7.66. The lowest BCUT2D eigenvalue weighted by atomic mass is 10.1. The highest BCUT2D eigenvalue weighted by molar-refractivity contribution is 7.98. The Morgan fingerprint density at radius 2 is 1.77 bits per heavy atom. The van der Waals surface area contributed by atoms with Crippen LogP contribution in [0.2, 0.25) is 0 Å². The molecule has 0 spiro atoms. The molecule has 9 heteroatoms. The number of carbonyl (C=O) groups excluding carboxylic acids is 1. The number of carbonyl (C=O) groups is 1. The molecule has 0 saturated heterocycles. The topological polar surface area (TPSA) is 89.5 Å². The van der Waals surface area contributed by atoms with Crippen LogP contribution in [0.15, 0.2) is 102 Å². The molecule has 0 bridgehead atoms. The minimum Gasteiger partial charge on any atom is -0.348 e. The Hall–Kier alpha value is -4.94. The molecule has 5 rings (SSSR count). The van der Waals surface area contributed by atoms with Crippen LogP contribution in [-0.2, 0) is 12.3 Å². The summed E-state index contributed by atoms with van der Waals surface area (Å²) in [4.78, 5) is 28.6. The molecule has 2 heterocycles. The highest BCUT2D eigenvalue weighted by Gasteiger charge is 2.11. The number of hydrogen-bond donors (Lipinski definition) is 1. The highest BCUT2D eigenvalue weighted by atomic mass is 32.2. The maximum atomic E-state index is 13.3. The maximum absolute atomic E-state index is 13.3. The fourth-order valence-corrected chi connectivity index (χ4v) is 4.73. The van der Waals surface area contributed by atoms with Crippen molar-refractivity contribution in [1.29, 1.82) is 0 Å². The average molecular weight is 537 g/mol. The van der Waals surface area contributed by atoms with Crippen molar-refractivity contribution in [1.82, 2.24) is 14.7 Å². The van der Waals surface area contributed by atoms with Crippen molar-refractivity contribution < 1.29 is 14.1 Å². The van der Waals surface area contributed by atoms with Crippen LogP contribution in [0.1, 0.15) is 32.6 Å². The van der Waals surface area contributed by atoms with Crippen molar-refractivity contribution in [2.45, 2.75) is 17.2 Å². The largest absolute Gasteiger partial charge is 0.348 e. The average Bonchev–Trinajstić information content (AvgIpc) is 3.43. The third kappa shape index (κ3) is 6.50. The monoisotopic (exact) mass is 536 g/mol. The number of benzene rings is 3. The summed E-state index contributed by atoms with van der Waals surface area (Å²) in [5, 5.41) is 13.9. The number of aromatic nitrogens is 2. The number of thioether (sulfide) groups is 1. The van der Waals surface area contributed by atoms with Gasteiger partial charge in [0, 0.05) is 64.6 Å². The molecular weight excluding hydrogens is 515 g/mol. The molecule has 0 aliphatic carbocycles. The summed E-state index contributed by atoms with van der Waals surface area (Å²) in [6.07, 6.45) is 5.46. The Labute approximate surface area is 227 Å². The first-order valence-electron chi connectivity index (χ1n) is 11.9. The van der Waals surface area contributed by atoms with E-state index in [-0.39, 0.29) is 17.4 Å². The maximum Gasteiger partial charge on any atom is 0.269 e. The zero-order valence-corrected chi connectivity index (χ0v) is 21.3. The highest BCUT2D eigenvalue weighted by Crippen LogP contribution is 2.28. The number of nitrogens with one attached hydrogen (secondary N) is 1. The molecule has 3 aromatic carbocycles. The van der Waals surface area contributed by atoms with Gasteiger partial charge in [-0.05, 0) is 65.7 Å². The summed E-state index contributed by atoms with van der Waals surface area (Å²) in [6.45, 7) is 0.343. The molecule has 0 atom stereocenters. The lowest BCUT2D eigenvalue weighted by molar-refractivity contribution is -0.384. The summed E-state index contributed by atoms with van der Waals surface area (Å²) in [5.74, 6) is 6.14. The normalized spacial score (nSPS) is 10.6. The minimum absolute atomic E-state index is 0.0367. The first-order valence-corrected chi connectivity index (χ1v) is 12.9. The summed E-state index contributed by atoms with van der Waals surface area (Å²) in [6, 6.07) is 21.4. The Bertz CT molecular complexity index is 1720. The minimum atomic E-state index is -0.431. The number of hydrogen-bond acceptors (Lipinski definition) is 5. The number of rotatable bonds is 7. The van der Waals surface area contributed by atoms with E-state index in [9.17, 15) is 19.3 Å². The first kappa shape index (κ1) is 25.7. The summed E-state index contributed by atoms with van der Waals surface area (Å²) in [5.41, 5.74) is 4.43. The SMILES string of the molecule is O=C(NCc1ccn2ccnc2c1)c1ccc(SCc2ccc([N+](=O)[O-])cc2)c(C#Cc2ccc(F)cc2)c1. The molecule has 0 aliphatic rings. The van der Waals surface area contributed by atoms with Gasteiger partial charge in [-0.15, -0.1) is 11.8 Å². The van der Waals surface area contributed by atoms with Crippen LogP contribution in [0, 0.1) is 27.8 Å². The number of fused-ring (bicyclic) bond motifs is 1. The summed E-state index contributed by atoms with van der Waals surface area (Å²) < 4.78 is 15.2. The van der Waals surface area contributed by atoms with Crippen LogP contribution in [-0.4, -0.2) is 20.2 Å². The zero-order chi connectivity index (χ0) is 27.2. The van der Waals surface area contributed by atoms with Gasteiger partial charge in [0.1, 0.15) is 11.5 Å². The van der Waals surface area contributed by atoms with Crippen molar-refractivity contribution in [3.63, 3.8) is 0 Å². The summed E-state index contributed by atoms with van der Waals surface area (Å²) >= 11 is 1.51. The molecule has 1 amide bonds. The third-order valence-electron chi connectivity index (χ3n) is 5.88. The predicted octanol–water partition coefficient (Wildman–Crippen LogP) is 6.00. The lowest BCUT2D eigenvalue weighted by Crippen LogP contribution is -2.23. The zero-order valence-electron chi connectivity index (χ0n) is 20.5. The van der Waals surface area contributed by atoms with Crippen LogP contribution in [0.5, 0.6) is 0 Å². The van der Waals surface area contributed by atoms with E-state index in [1.165, 1.54) is 36.0 Å². The van der Waals surface area contributed by atoms with Crippen LogP contribution in [0.3, 0.4) is 0 Å². The molecule has 0 aliphatic heterocycles. The van der Waals surface area contributed by atoms with Crippen molar-refractivity contribution in [2.75, 3.05) is 0 Å². The molecule has 7 nitrogen and oxygen atoms in total. The van der Waals surface area contributed by atoms with Gasteiger partial charge < -0.3 is 9.72 Å². The van der Waals surface area contributed by atoms with E-state index in [1.807, 2.05) is 35.0 Å². The van der Waals surface area contributed by atoms with Gasteiger partial charge in [-0.25, -0.2) is 9.37 Å². The van der Waals surface area contributed by atoms with E-state index >= 15 is 0 Å². The number of nitro benzene ring substituents is 1. The molecule has 1 N–H and O–H groups in total. The van der Waals surface area contributed by atoms with Gasteiger partial charge >= 0.3 is 0 Å². The van der Waals surface area contributed by atoms with E-state index in [2.05, 4.69) is 22.1 Å². The van der Waals surface area contributed by atoms with Crippen LogP contribution < -0.4 is 5.32 Å². The van der Waals surface area contributed by atoms with Gasteiger partial charge in [-0.2, -0.15) is 0 Å². The number of pyridine rings is 1. The van der Waals surface area contributed by atoms with Gasteiger partial charge in [0.2, 0.25) is 0 Å². The number of non-ortho nitro benzene ring substituents is 1. The van der Waals surface area contributed by atoms with E-state index in [4.69, 9.17) is 0 Å². The molecule has 0 saturated carbocycles.